The van der Waals surface area contributed by atoms with Crippen LogP contribution < -0.4 is 5.73 Å². The lowest BCUT2D eigenvalue weighted by Crippen LogP contribution is -2.53. The summed E-state index contributed by atoms with van der Waals surface area (Å²) in [6.07, 6.45) is 4.99. The fraction of sp³-hybridized carbons (Fsp3) is 0.938. The van der Waals surface area contributed by atoms with E-state index in [2.05, 4.69) is 18.7 Å². The highest BCUT2D eigenvalue weighted by Gasteiger charge is 2.41. The lowest BCUT2D eigenvalue weighted by molar-refractivity contribution is -0.136. The number of nitrogens with zero attached hydrogens (tertiary/aromatic N) is 2. The van der Waals surface area contributed by atoms with Gasteiger partial charge in [-0.05, 0) is 32.4 Å². The third-order valence-electron chi connectivity index (χ3n) is 5.01. The van der Waals surface area contributed by atoms with Crippen molar-refractivity contribution in [2.45, 2.75) is 57.6 Å². The van der Waals surface area contributed by atoms with Crippen LogP contribution in [0.5, 0.6) is 0 Å². The van der Waals surface area contributed by atoms with E-state index in [1.807, 2.05) is 4.90 Å². The van der Waals surface area contributed by atoms with Crippen molar-refractivity contribution in [3.8, 4) is 0 Å². The third-order valence-corrected chi connectivity index (χ3v) is 5.01. The normalized spacial score (nSPS) is 22.8. The van der Waals surface area contributed by atoms with Crippen LogP contribution in [0.2, 0.25) is 0 Å². The number of hydrogen-bond donors (Lipinski definition) is 1. The number of carbonyl (C=O) groups is 1. The van der Waals surface area contributed by atoms with Crippen molar-refractivity contribution < 1.29 is 9.53 Å². The van der Waals surface area contributed by atoms with E-state index >= 15 is 0 Å². The average Bonchev–Trinajstić information content (AvgIpc) is 3.13. The summed E-state index contributed by atoms with van der Waals surface area (Å²) >= 11 is 0. The molecule has 1 unspecified atom stereocenters. The van der Waals surface area contributed by atoms with Crippen LogP contribution in [0.25, 0.3) is 0 Å². The lowest BCUT2D eigenvalue weighted by Gasteiger charge is -2.28. The van der Waals surface area contributed by atoms with Gasteiger partial charge in [-0.2, -0.15) is 0 Å². The molecule has 0 spiro atoms. The minimum absolute atomic E-state index is 0. The predicted molar refractivity (Wildman–Crippen MR) is 98.6 cm³/mol. The number of hydrogen-bond acceptors (Lipinski definition) is 4. The molecule has 2 aliphatic rings. The Labute approximate surface area is 153 Å². The fourth-order valence-corrected chi connectivity index (χ4v) is 3.47. The quantitative estimate of drug-likeness (QED) is 0.745. The molecule has 1 aliphatic heterocycles. The number of likely N-dealkylation sites (N-methyl/N-ethyl adjacent to an activating group) is 1. The number of carbonyl (C=O) groups excluding carboxylic acids is 1. The highest BCUT2D eigenvalue weighted by atomic mass is 35.5. The molecule has 0 aromatic carbocycles. The molecule has 0 radical (unpaired) electrons. The Morgan fingerprint density at radius 2 is 1.87 bits per heavy atom. The van der Waals surface area contributed by atoms with Crippen molar-refractivity contribution in [1.82, 2.24) is 9.80 Å². The SMILES string of the molecule is CCN(CC)CCOC1CCN(C(=O)C2(N)CCCC2)C1.Cl.Cl. The van der Waals surface area contributed by atoms with Gasteiger partial charge in [0, 0.05) is 19.6 Å². The van der Waals surface area contributed by atoms with E-state index < -0.39 is 5.54 Å². The molecule has 5 nitrogen and oxygen atoms in total. The average molecular weight is 370 g/mol. The van der Waals surface area contributed by atoms with Crippen LogP contribution in [0.15, 0.2) is 0 Å². The molecule has 138 valence electrons. The summed E-state index contributed by atoms with van der Waals surface area (Å²) in [6.45, 7) is 9.70. The summed E-state index contributed by atoms with van der Waals surface area (Å²) in [4.78, 5) is 16.8. The highest BCUT2D eigenvalue weighted by Crippen LogP contribution is 2.30. The largest absolute Gasteiger partial charge is 0.375 e. The van der Waals surface area contributed by atoms with E-state index in [-0.39, 0.29) is 36.8 Å². The van der Waals surface area contributed by atoms with E-state index in [1.54, 1.807) is 0 Å². The second kappa shape index (κ2) is 10.7. The Morgan fingerprint density at radius 1 is 1.26 bits per heavy atom. The number of nitrogens with two attached hydrogens (primary N) is 1. The van der Waals surface area contributed by atoms with Gasteiger partial charge in [-0.1, -0.05) is 26.7 Å². The first kappa shape index (κ1) is 22.9. The molecule has 1 atom stereocenters. The summed E-state index contributed by atoms with van der Waals surface area (Å²) in [5.41, 5.74) is 5.68. The maximum absolute atomic E-state index is 12.5. The van der Waals surface area contributed by atoms with Gasteiger partial charge < -0.3 is 20.3 Å². The minimum Gasteiger partial charge on any atom is -0.375 e. The van der Waals surface area contributed by atoms with Crippen LogP contribution in [0, 0.1) is 0 Å². The lowest BCUT2D eigenvalue weighted by atomic mass is 9.97. The monoisotopic (exact) mass is 369 g/mol. The molecule has 7 heteroatoms. The highest BCUT2D eigenvalue weighted by molar-refractivity contribution is 5.86. The first-order valence-corrected chi connectivity index (χ1v) is 8.51. The number of rotatable bonds is 7. The zero-order chi connectivity index (χ0) is 15.3. The Balaban J connectivity index is 0.00000242. The maximum atomic E-state index is 12.5. The van der Waals surface area contributed by atoms with Gasteiger partial charge in [0.1, 0.15) is 0 Å². The molecule has 2 N–H and O–H groups in total. The molecule has 2 fully saturated rings. The van der Waals surface area contributed by atoms with Crippen molar-refractivity contribution in [1.29, 1.82) is 0 Å². The maximum Gasteiger partial charge on any atom is 0.242 e. The third kappa shape index (κ3) is 6.05. The van der Waals surface area contributed by atoms with Crippen LogP contribution in [0.1, 0.15) is 46.0 Å². The van der Waals surface area contributed by atoms with Gasteiger partial charge in [-0.3, -0.25) is 4.79 Å². The van der Waals surface area contributed by atoms with E-state index in [4.69, 9.17) is 10.5 Å². The summed E-state index contributed by atoms with van der Waals surface area (Å²) in [5.74, 6) is 0.148. The van der Waals surface area contributed by atoms with E-state index in [9.17, 15) is 4.79 Å². The van der Waals surface area contributed by atoms with Crippen LogP contribution in [0.4, 0.5) is 0 Å². The van der Waals surface area contributed by atoms with Crippen LogP contribution >= 0.6 is 24.8 Å². The van der Waals surface area contributed by atoms with E-state index in [1.165, 1.54) is 0 Å². The molecule has 1 amide bonds. The molecule has 1 saturated heterocycles. The van der Waals surface area contributed by atoms with E-state index in [0.717, 1.165) is 71.4 Å². The van der Waals surface area contributed by atoms with Gasteiger partial charge >= 0.3 is 0 Å². The summed E-state index contributed by atoms with van der Waals surface area (Å²) in [5, 5.41) is 0. The van der Waals surface area contributed by atoms with Crippen molar-refractivity contribution >= 4 is 30.7 Å². The zero-order valence-corrected chi connectivity index (χ0v) is 16.1. The van der Waals surface area contributed by atoms with Gasteiger partial charge in [0.05, 0.1) is 18.2 Å². The number of amides is 1. The van der Waals surface area contributed by atoms with Crippen molar-refractivity contribution in [2.24, 2.45) is 5.73 Å². The number of halogens is 2. The Kier molecular flexibility index (Phi) is 10.7. The van der Waals surface area contributed by atoms with Crippen LogP contribution in [0.3, 0.4) is 0 Å². The van der Waals surface area contributed by atoms with Gasteiger partial charge in [0.15, 0.2) is 0 Å². The van der Waals surface area contributed by atoms with Crippen molar-refractivity contribution in [2.75, 3.05) is 39.3 Å². The smallest absolute Gasteiger partial charge is 0.242 e. The van der Waals surface area contributed by atoms with Crippen LogP contribution in [-0.4, -0.2) is 66.7 Å². The summed E-state index contributed by atoms with van der Waals surface area (Å²) in [6, 6.07) is 0. The number of ether oxygens (including phenoxy) is 1. The van der Waals surface area contributed by atoms with Gasteiger partial charge in [0.25, 0.3) is 0 Å². The number of likely N-dealkylation sites (tertiary alicyclic amines) is 1. The fourth-order valence-electron chi connectivity index (χ4n) is 3.47. The molecule has 0 aromatic heterocycles. The second-order valence-electron chi connectivity index (χ2n) is 6.42. The van der Waals surface area contributed by atoms with E-state index in [0.29, 0.717) is 0 Å². The Morgan fingerprint density at radius 3 is 2.43 bits per heavy atom. The first-order valence-electron chi connectivity index (χ1n) is 8.51. The molecular weight excluding hydrogens is 337 g/mol. The Bertz CT molecular complexity index is 348. The van der Waals surface area contributed by atoms with Gasteiger partial charge in [-0.25, -0.2) is 0 Å². The molecule has 1 aliphatic carbocycles. The van der Waals surface area contributed by atoms with Gasteiger partial charge in [0.2, 0.25) is 5.91 Å². The molecule has 0 bridgehead atoms. The van der Waals surface area contributed by atoms with Crippen molar-refractivity contribution in [3.63, 3.8) is 0 Å². The zero-order valence-electron chi connectivity index (χ0n) is 14.5. The topological polar surface area (TPSA) is 58.8 Å². The summed E-state index contributed by atoms with van der Waals surface area (Å²) < 4.78 is 5.94. The molecular formula is C16H33Cl2N3O2. The second-order valence-corrected chi connectivity index (χ2v) is 6.42. The van der Waals surface area contributed by atoms with Gasteiger partial charge in [-0.15, -0.1) is 24.8 Å². The van der Waals surface area contributed by atoms with Crippen molar-refractivity contribution in [3.05, 3.63) is 0 Å². The first-order chi connectivity index (χ1) is 10.1. The molecule has 1 saturated carbocycles. The Hall–Kier alpha value is -0.0700. The molecule has 1 heterocycles. The minimum atomic E-state index is -0.587. The standard InChI is InChI=1S/C16H31N3O2.2ClH/c1-3-18(4-2)11-12-21-14-7-10-19(13-14)15(20)16(17)8-5-6-9-16;;/h14H,3-13,17H2,1-2H3;2*1H. The molecule has 2 rings (SSSR count). The summed E-state index contributed by atoms with van der Waals surface area (Å²) in [7, 11) is 0. The van der Waals surface area contributed by atoms with Crippen LogP contribution in [-0.2, 0) is 9.53 Å². The predicted octanol–water partition coefficient (Wildman–Crippen LogP) is 2.06. The molecule has 0 aromatic rings. The molecule has 23 heavy (non-hydrogen) atoms.